The van der Waals surface area contributed by atoms with E-state index < -0.39 is 0 Å². The van der Waals surface area contributed by atoms with Crippen molar-refractivity contribution in [3.63, 3.8) is 0 Å². The van der Waals surface area contributed by atoms with Crippen molar-refractivity contribution in [1.29, 1.82) is 0 Å². The number of ether oxygens (including phenoxy) is 1. The van der Waals surface area contributed by atoms with E-state index in [0.717, 1.165) is 45.1 Å². The van der Waals surface area contributed by atoms with Crippen LogP contribution in [0.3, 0.4) is 0 Å². The monoisotopic (exact) mass is 337 g/mol. The second kappa shape index (κ2) is 5.49. The highest BCUT2D eigenvalue weighted by molar-refractivity contribution is 6.33. The number of aryl methyl sites for hydroxylation is 2. The number of methoxy groups -OCH3 is 1. The molecule has 0 saturated heterocycles. The van der Waals surface area contributed by atoms with Crippen molar-refractivity contribution >= 4 is 28.2 Å². The third-order valence-electron chi connectivity index (χ3n) is 4.23. The zero-order valence-corrected chi connectivity index (χ0v) is 14.4. The molecule has 0 fully saturated rings. The van der Waals surface area contributed by atoms with Crippen molar-refractivity contribution in [2.45, 2.75) is 13.8 Å². The van der Waals surface area contributed by atoms with E-state index in [2.05, 4.69) is 4.40 Å². The van der Waals surface area contributed by atoms with Gasteiger partial charge in [-0.25, -0.2) is 9.97 Å². The second-order valence-electron chi connectivity index (χ2n) is 5.71. The van der Waals surface area contributed by atoms with E-state index in [9.17, 15) is 0 Å². The topological polar surface area (TPSA) is 39.4 Å². The number of hydrogen-bond acceptors (Lipinski definition) is 3. The minimum Gasteiger partial charge on any atom is -0.494 e. The summed E-state index contributed by atoms with van der Waals surface area (Å²) in [5, 5.41) is 0.676. The van der Waals surface area contributed by atoms with Gasteiger partial charge in [0.05, 0.1) is 34.6 Å². The first-order valence-electron chi connectivity index (χ1n) is 7.69. The molecule has 120 valence electrons. The Hall–Kier alpha value is -2.59. The van der Waals surface area contributed by atoms with Gasteiger partial charge in [-0.15, -0.1) is 0 Å². The van der Waals surface area contributed by atoms with Crippen LogP contribution in [0.25, 0.3) is 27.9 Å². The molecule has 0 bridgehead atoms. The van der Waals surface area contributed by atoms with Crippen LogP contribution in [0.1, 0.15) is 11.4 Å². The molecule has 2 aromatic carbocycles. The Labute approximate surface area is 144 Å². The Morgan fingerprint density at radius 2 is 1.71 bits per heavy atom. The number of fused-ring (bicyclic) bond motifs is 3. The summed E-state index contributed by atoms with van der Waals surface area (Å²) in [5.74, 6) is 1.56. The van der Waals surface area contributed by atoms with Crippen LogP contribution in [0, 0.1) is 13.8 Å². The zero-order chi connectivity index (χ0) is 16.8. The normalized spacial score (nSPS) is 11.3. The molecule has 2 heterocycles. The summed E-state index contributed by atoms with van der Waals surface area (Å²) < 4.78 is 7.61. The molecule has 4 rings (SSSR count). The van der Waals surface area contributed by atoms with Crippen LogP contribution in [0.5, 0.6) is 5.75 Å². The molecule has 0 unspecified atom stereocenters. The maximum atomic E-state index is 6.42. The molecule has 0 aliphatic carbocycles. The second-order valence-corrected chi connectivity index (χ2v) is 6.12. The van der Waals surface area contributed by atoms with Gasteiger partial charge in [0.15, 0.2) is 0 Å². The molecule has 0 aliphatic heterocycles. The summed E-state index contributed by atoms with van der Waals surface area (Å²) in [6.07, 6.45) is 0. The highest BCUT2D eigenvalue weighted by Gasteiger charge is 2.18. The number of benzene rings is 2. The molecule has 0 N–H and O–H groups in total. The molecule has 0 radical (unpaired) electrons. The van der Waals surface area contributed by atoms with Crippen LogP contribution < -0.4 is 4.74 Å². The highest BCUT2D eigenvalue weighted by Crippen LogP contribution is 2.34. The molecular weight excluding hydrogens is 322 g/mol. The first-order valence-corrected chi connectivity index (χ1v) is 8.07. The van der Waals surface area contributed by atoms with Crippen molar-refractivity contribution < 1.29 is 4.74 Å². The Bertz CT molecular complexity index is 1090. The van der Waals surface area contributed by atoms with E-state index in [0.29, 0.717) is 5.02 Å². The van der Waals surface area contributed by atoms with Crippen LogP contribution >= 0.6 is 11.6 Å². The molecule has 4 nitrogen and oxygen atoms in total. The lowest BCUT2D eigenvalue weighted by atomic mass is 10.2. The largest absolute Gasteiger partial charge is 0.494 e. The predicted molar refractivity (Wildman–Crippen MR) is 97.0 cm³/mol. The number of hydrogen-bond donors (Lipinski definition) is 0. The van der Waals surface area contributed by atoms with E-state index in [1.165, 1.54) is 0 Å². The zero-order valence-electron chi connectivity index (χ0n) is 13.7. The predicted octanol–water partition coefficient (Wildman–Crippen LogP) is 4.83. The molecule has 5 heteroatoms. The molecule has 4 aromatic rings. The lowest BCUT2D eigenvalue weighted by Crippen LogP contribution is -1.99. The van der Waals surface area contributed by atoms with E-state index in [1.54, 1.807) is 7.11 Å². The number of imidazole rings is 1. The number of rotatable bonds is 2. The fourth-order valence-corrected chi connectivity index (χ4v) is 3.42. The fraction of sp³-hybridized carbons (Fsp3) is 0.158. The van der Waals surface area contributed by atoms with E-state index >= 15 is 0 Å². The van der Waals surface area contributed by atoms with Gasteiger partial charge in [0.1, 0.15) is 17.1 Å². The SMILES string of the molecule is COc1cccc2c1nc(C)c1c(C)nc(-c3ccccc3Cl)n12. The Morgan fingerprint density at radius 1 is 0.958 bits per heavy atom. The average Bonchev–Trinajstić information content (AvgIpc) is 2.93. The lowest BCUT2D eigenvalue weighted by molar-refractivity contribution is 0.418. The van der Waals surface area contributed by atoms with Crippen LogP contribution in [-0.2, 0) is 0 Å². The maximum Gasteiger partial charge on any atom is 0.146 e. The van der Waals surface area contributed by atoms with Crippen LogP contribution in [-0.4, -0.2) is 21.5 Å². The first kappa shape index (κ1) is 15.0. The van der Waals surface area contributed by atoms with E-state index in [1.807, 2.05) is 56.3 Å². The number of halogens is 1. The van der Waals surface area contributed by atoms with Gasteiger partial charge in [-0.3, -0.25) is 4.40 Å². The quantitative estimate of drug-likeness (QED) is 0.526. The van der Waals surface area contributed by atoms with Gasteiger partial charge < -0.3 is 4.74 Å². The third-order valence-corrected chi connectivity index (χ3v) is 4.56. The smallest absolute Gasteiger partial charge is 0.146 e. The number of para-hydroxylation sites is 1. The van der Waals surface area contributed by atoms with Gasteiger partial charge in [0.25, 0.3) is 0 Å². The lowest BCUT2D eigenvalue weighted by Gasteiger charge is -2.11. The van der Waals surface area contributed by atoms with Crippen molar-refractivity contribution in [3.05, 3.63) is 58.9 Å². The fourth-order valence-electron chi connectivity index (χ4n) is 3.20. The van der Waals surface area contributed by atoms with E-state index in [-0.39, 0.29) is 0 Å². The average molecular weight is 338 g/mol. The van der Waals surface area contributed by atoms with Gasteiger partial charge >= 0.3 is 0 Å². The molecule has 0 aliphatic rings. The van der Waals surface area contributed by atoms with Crippen molar-refractivity contribution in [2.75, 3.05) is 7.11 Å². The third kappa shape index (κ3) is 2.07. The summed E-state index contributed by atoms with van der Waals surface area (Å²) in [5.41, 5.74) is 5.51. The molecule has 0 amide bonds. The number of aromatic nitrogens is 3. The van der Waals surface area contributed by atoms with Crippen molar-refractivity contribution in [2.24, 2.45) is 0 Å². The van der Waals surface area contributed by atoms with Crippen LogP contribution in [0.15, 0.2) is 42.5 Å². The van der Waals surface area contributed by atoms with Gasteiger partial charge in [0.2, 0.25) is 0 Å². The summed E-state index contributed by atoms with van der Waals surface area (Å²) in [7, 11) is 1.66. The Morgan fingerprint density at radius 3 is 2.46 bits per heavy atom. The van der Waals surface area contributed by atoms with E-state index in [4.69, 9.17) is 26.3 Å². The van der Waals surface area contributed by atoms with Gasteiger partial charge in [-0.2, -0.15) is 0 Å². The molecule has 0 atom stereocenters. The molecule has 0 saturated carbocycles. The van der Waals surface area contributed by atoms with Crippen molar-refractivity contribution in [3.8, 4) is 17.1 Å². The number of nitrogens with zero attached hydrogens (tertiary/aromatic N) is 3. The summed E-state index contributed by atoms with van der Waals surface area (Å²) in [4.78, 5) is 9.53. The molecule has 2 aromatic heterocycles. The standard InChI is InChI=1S/C19H16ClN3O/c1-11-18-12(2)22-19(13-7-4-5-8-14(13)20)23(18)15-9-6-10-16(24-3)17(15)21-11/h4-10H,1-3H3. The van der Waals surface area contributed by atoms with Crippen LogP contribution in [0.4, 0.5) is 0 Å². The first-order chi connectivity index (χ1) is 11.6. The summed E-state index contributed by atoms with van der Waals surface area (Å²) in [6, 6.07) is 13.7. The maximum absolute atomic E-state index is 6.42. The summed E-state index contributed by atoms with van der Waals surface area (Å²) >= 11 is 6.42. The minimum absolute atomic E-state index is 0.676. The highest BCUT2D eigenvalue weighted by atomic mass is 35.5. The molecular formula is C19H16ClN3O. The Kier molecular flexibility index (Phi) is 3.43. The van der Waals surface area contributed by atoms with Crippen LogP contribution in [0.2, 0.25) is 5.02 Å². The molecule has 24 heavy (non-hydrogen) atoms. The van der Waals surface area contributed by atoms with Gasteiger partial charge in [-0.1, -0.05) is 29.8 Å². The van der Waals surface area contributed by atoms with Crippen molar-refractivity contribution in [1.82, 2.24) is 14.4 Å². The van der Waals surface area contributed by atoms with Gasteiger partial charge in [-0.05, 0) is 38.1 Å². The molecule has 0 spiro atoms. The van der Waals surface area contributed by atoms with Gasteiger partial charge in [0, 0.05) is 5.56 Å². The summed E-state index contributed by atoms with van der Waals surface area (Å²) in [6.45, 7) is 3.99. The Balaban J connectivity index is 2.23. The minimum atomic E-state index is 0.676.